The second-order valence-electron chi connectivity index (χ2n) is 5.88. The molecular formula is C22H27NO5. The lowest BCUT2D eigenvalue weighted by atomic mass is 10.2. The highest BCUT2D eigenvalue weighted by molar-refractivity contribution is 6.02. The average Bonchev–Trinajstić information content (AvgIpc) is 2.72. The van der Waals surface area contributed by atoms with Crippen molar-refractivity contribution in [1.29, 1.82) is 0 Å². The Morgan fingerprint density at radius 1 is 0.964 bits per heavy atom. The normalized spacial score (nSPS) is 10.6. The first-order chi connectivity index (χ1) is 13.6. The van der Waals surface area contributed by atoms with E-state index in [1.54, 1.807) is 31.4 Å². The van der Waals surface area contributed by atoms with Crippen molar-refractivity contribution in [2.75, 3.05) is 32.8 Å². The van der Waals surface area contributed by atoms with E-state index >= 15 is 0 Å². The number of carbonyl (C=O) groups is 1. The van der Waals surface area contributed by atoms with Gasteiger partial charge >= 0.3 is 0 Å². The lowest BCUT2D eigenvalue weighted by Crippen LogP contribution is -2.09. The molecule has 0 spiro atoms. The molecule has 0 aliphatic rings. The molecule has 0 fully saturated rings. The summed E-state index contributed by atoms with van der Waals surface area (Å²) in [6.07, 6.45) is 4.10. The Hall–Kier alpha value is -3.15. The van der Waals surface area contributed by atoms with Crippen LogP contribution in [0.3, 0.4) is 0 Å². The monoisotopic (exact) mass is 385 g/mol. The number of methoxy groups -OCH3 is 2. The first-order valence-electron chi connectivity index (χ1n) is 9.22. The van der Waals surface area contributed by atoms with Gasteiger partial charge in [-0.25, -0.2) is 0 Å². The van der Waals surface area contributed by atoms with Gasteiger partial charge in [-0.1, -0.05) is 13.0 Å². The average molecular weight is 385 g/mol. The fourth-order valence-corrected chi connectivity index (χ4v) is 2.48. The minimum atomic E-state index is -0.271. The SMILES string of the molecule is CCCOc1ccc(/C=C/C(=O)Nc2ccc(OC)cc2OC)cc1OCC. The van der Waals surface area contributed by atoms with Gasteiger partial charge in [-0.05, 0) is 49.2 Å². The molecule has 0 atom stereocenters. The zero-order chi connectivity index (χ0) is 20.4. The van der Waals surface area contributed by atoms with Crippen molar-refractivity contribution in [2.24, 2.45) is 0 Å². The van der Waals surface area contributed by atoms with Crippen molar-refractivity contribution in [3.05, 3.63) is 48.0 Å². The Morgan fingerprint density at radius 2 is 1.79 bits per heavy atom. The van der Waals surface area contributed by atoms with E-state index in [1.807, 2.05) is 32.0 Å². The van der Waals surface area contributed by atoms with Crippen LogP contribution in [-0.4, -0.2) is 33.3 Å². The number of benzene rings is 2. The maximum absolute atomic E-state index is 12.3. The standard InChI is InChI=1S/C22H27NO5/c1-5-13-28-19-11-7-16(14-21(19)27-6-2)8-12-22(24)23-18-10-9-17(25-3)15-20(18)26-4/h7-12,14-15H,5-6,13H2,1-4H3,(H,23,24)/b12-8+. The van der Waals surface area contributed by atoms with E-state index in [2.05, 4.69) is 5.32 Å². The largest absolute Gasteiger partial charge is 0.497 e. The highest BCUT2D eigenvalue weighted by atomic mass is 16.5. The third-order valence-corrected chi connectivity index (χ3v) is 3.82. The van der Waals surface area contributed by atoms with E-state index in [9.17, 15) is 4.79 Å². The topological polar surface area (TPSA) is 66.0 Å². The quantitative estimate of drug-likeness (QED) is 0.608. The van der Waals surface area contributed by atoms with Gasteiger partial charge in [-0.15, -0.1) is 0 Å². The highest BCUT2D eigenvalue weighted by Gasteiger charge is 2.08. The number of hydrogen-bond acceptors (Lipinski definition) is 5. The second kappa shape index (κ2) is 10.9. The first kappa shape index (κ1) is 21.2. The Bertz CT molecular complexity index is 817. The number of hydrogen-bond donors (Lipinski definition) is 1. The third kappa shape index (κ3) is 5.94. The Labute approximate surface area is 166 Å². The molecule has 150 valence electrons. The Morgan fingerprint density at radius 3 is 2.46 bits per heavy atom. The zero-order valence-electron chi connectivity index (χ0n) is 16.8. The van der Waals surface area contributed by atoms with E-state index in [0.717, 1.165) is 12.0 Å². The molecule has 0 aliphatic heterocycles. The summed E-state index contributed by atoms with van der Waals surface area (Å²) >= 11 is 0. The van der Waals surface area contributed by atoms with Crippen LogP contribution in [-0.2, 0) is 4.79 Å². The molecule has 28 heavy (non-hydrogen) atoms. The lowest BCUT2D eigenvalue weighted by molar-refractivity contribution is -0.111. The minimum absolute atomic E-state index is 0.271. The summed E-state index contributed by atoms with van der Waals surface area (Å²) in [5.74, 6) is 2.27. The molecule has 2 aromatic rings. The summed E-state index contributed by atoms with van der Waals surface area (Å²) in [5, 5.41) is 2.80. The molecule has 0 saturated heterocycles. The highest BCUT2D eigenvalue weighted by Crippen LogP contribution is 2.30. The molecule has 2 aromatic carbocycles. The van der Waals surface area contributed by atoms with E-state index in [0.29, 0.717) is 41.9 Å². The van der Waals surface area contributed by atoms with Crippen molar-refractivity contribution in [2.45, 2.75) is 20.3 Å². The fraction of sp³-hybridized carbons (Fsp3) is 0.318. The van der Waals surface area contributed by atoms with E-state index in [-0.39, 0.29) is 5.91 Å². The van der Waals surface area contributed by atoms with Gasteiger partial charge in [-0.2, -0.15) is 0 Å². The van der Waals surface area contributed by atoms with Gasteiger partial charge in [-0.3, -0.25) is 4.79 Å². The van der Waals surface area contributed by atoms with Crippen LogP contribution in [0.4, 0.5) is 5.69 Å². The summed E-state index contributed by atoms with van der Waals surface area (Å²) in [6.45, 7) is 5.13. The van der Waals surface area contributed by atoms with Gasteiger partial charge in [0.25, 0.3) is 0 Å². The van der Waals surface area contributed by atoms with Crippen molar-refractivity contribution >= 4 is 17.7 Å². The van der Waals surface area contributed by atoms with Gasteiger partial charge in [0.1, 0.15) is 11.5 Å². The Balaban J connectivity index is 2.10. The predicted molar refractivity (Wildman–Crippen MR) is 111 cm³/mol. The Kier molecular flexibility index (Phi) is 8.21. The van der Waals surface area contributed by atoms with Crippen LogP contribution in [0.2, 0.25) is 0 Å². The number of ether oxygens (including phenoxy) is 4. The molecule has 0 radical (unpaired) electrons. The van der Waals surface area contributed by atoms with Gasteiger partial charge in [0, 0.05) is 12.1 Å². The van der Waals surface area contributed by atoms with E-state index in [1.165, 1.54) is 13.2 Å². The van der Waals surface area contributed by atoms with E-state index < -0.39 is 0 Å². The molecule has 0 unspecified atom stereocenters. The molecule has 0 aromatic heterocycles. The summed E-state index contributed by atoms with van der Waals surface area (Å²) < 4.78 is 21.8. The summed E-state index contributed by atoms with van der Waals surface area (Å²) in [6, 6.07) is 10.8. The van der Waals surface area contributed by atoms with Crippen LogP contribution in [0.5, 0.6) is 23.0 Å². The molecule has 0 saturated carbocycles. The molecular weight excluding hydrogens is 358 g/mol. The molecule has 6 nitrogen and oxygen atoms in total. The first-order valence-corrected chi connectivity index (χ1v) is 9.22. The van der Waals surface area contributed by atoms with Crippen molar-refractivity contribution < 1.29 is 23.7 Å². The third-order valence-electron chi connectivity index (χ3n) is 3.82. The number of amides is 1. The fourth-order valence-electron chi connectivity index (χ4n) is 2.48. The lowest BCUT2D eigenvalue weighted by Gasteiger charge is -2.12. The minimum Gasteiger partial charge on any atom is -0.497 e. The van der Waals surface area contributed by atoms with Gasteiger partial charge < -0.3 is 24.3 Å². The molecule has 2 rings (SSSR count). The molecule has 1 amide bonds. The summed E-state index contributed by atoms with van der Waals surface area (Å²) in [5.41, 5.74) is 1.40. The maximum atomic E-state index is 12.3. The van der Waals surface area contributed by atoms with Crippen LogP contribution in [0, 0.1) is 0 Å². The second-order valence-corrected chi connectivity index (χ2v) is 5.88. The van der Waals surface area contributed by atoms with Crippen LogP contribution < -0.4 is 24.3 Å². The summed E-state index contributed by atoms with van der Waals surface area (Å²) in [4.78, 5) is 12.3. The number of rotatable bonds is 10. The smallest absolute Gasteiger partial charge is 0.248 e. The van der Waals surface area contributed by atoms with Crippen molar-refractivity contribution in [1.82, 2.24) is 0 Å². The van der Waals surface area contributed by atoms with Gasteiger partial charge in [0.15, 0.2) is 11.5 Å². The zero-order valence-corrected chi connectivity index (χ0v) is 16.8. The number of nitrogens with one attached hydrogen (secondary N) is 1. The van der Waals surface area contributed by atoms with Crippen LogP contribution >= 0.6 is 0 Å². The predicted octanol–water partition coefficient (Wildman–Crippen LogP) is 4.54. The maximum Gasteiger partial charge on any atom is 0.248 e. The summed E-state index contributed by atoms with van der Waals surface area (Å²) in [7, 11) is 3.11. The van der Waals surface area contributed by atoms with Gasteiger partial charge in [0.2, 0.25) is 5.91 Å². The molecule has 0 heterocycles. The van der Waals surface area contributed by atoms with Crippen LogP contribution in [0.25, 0.3) is 6.08 Å². The molecule has 0 bridgehead atoms. The van der Waals surface area contributed by atoms with Crippen molar-refractivity contribution in [3.63, 3.8) is 0 Å². The molecule has 0 aliphatic carbocycles. The van der Waals surface area contributed by atoms with Gasteiger partial charge in [0.05, 0.1) is 33.1 Å². The van der Waals surface area contributed by atoms with E-state index in [4.69, 9.17) is 18.9 Å². The van der Waals surface area contributed by atoms with Crippen LogP contribution in [0.1, 0.15) is 25.8 Å². The molecule has 6 heteroatoms. The number of anilines is 1. The number of carbonyl (C=O) groups excluding carboxylic acids is 1. The molecule has 1 N–H and O–H groups in total. The van der Waals surface area contributed by atoms with Crippen molar-refractivity contribution in [3.8, 4) is 23.0 Å². The van der Waals surface area contributed by atoms with Crippen LogP contribution in [0.15, 0.2) is 42.5 Å².